The van der Waals surface area contributed by atoms with Crippen molar-refractivity contribution < 1.29 is 33.7 Å². The predicted octanol–water partition coefficient (Wildman–Crippen LogP) is 9.40. The Balaban J connectivity index is 1.08. The summed E-state index contributed by atoms with van der Waals surface area (Å²) in [5, 5.41) is 24.1. The molecule has 4 saturated carbocycles. The molecule has 1 aliphatic heterocycles. The number of carboxylic acids is 2. The number of fused-ring (bicyclic) bond motifs is 7. The maximum Gasteiger partial charge on any atom is 0.323 e. The van der Waals surface area contributed by atoms with Crippen LogP contribution in [0.25, 0.3) is 0 Å². The summed E-state index contributed by atoms with van der Waals surface area (Å²) in [5.41, 5.74) is 1.89. The van der Waals surface area contributed by atoms with Crippen LogP contribution >= 0.6 is 0 Å². The van der Waals surface area contributed by atoms with Crippen molar-refractivity contribution in [1.82, 2.24) is 10.2 Å². The highest BCUT2D eigenvalue weighted by molar-refractivity contribution is 5.99. The monoisotopic (exact) mass is 793 g/mol. The van der Waals surface area contributed by atoms with Crippen molar-refractivity contribution in [2.75, 3.05) is 39.5 Å². The molecular weight excluding hydrogens is 720 g/mol. The van der Waals surface area contributed by atoms with Gasteiger partial charge in [0.1, 0.15) is 6.67 Å². The second-order valence-electron chi connectivity index (χ2n) is 21.4. The summed E-state index contributed by atoms with van der Waals surface area (Å²) < 4.78 is 19.2. The Morgan fingerprint density at radius 3 is 2.19 bits per heavy atom. The Morgan fingerprint density at radius 1 is 0.877 bits per heavy atom. The van der Waals surface area contributed by atoms with Gasteiger partial charge >= 0.3 is 17.9 Å². The Morgan fingerprint density at radius 2 is 1.60 bits per heavy atom. The first-order valence-corrected chi connectivity index (χ1v) is 22.5. The number of ether oxygens (including phenoxy) is 1. The van der Waals surface area contributed by atoms with E-state index in [4.69, 9.17) is 4.74 Å². The number of carboxylic acid groups (broad SMARTS) is 2. The molecule has 0 spiro atoms. The molecular formula is C48H73FN2O6. The predicted molar refractivity (Wildman–Crippen MR) is 221 cm³/mol. The molecule has 57 heavy (non-hydrogen) atoms. The quantitative estimate of drug-likeness (QED) is 0.108. The lowest BCUT2D eigenvalue weighted by atomic mass is 9.33. The van der Waals surface area contributed by atoms with Crippen LogP contribution in [-0.4, -0.2) is 78.0 Å². The molecule has 9 heteroatoms. The zero-order valence-corrected chi connectivity index (χ0v) is 36.2. The van der Waals surface area contributed by atoms with Crippen LogP contribution in [0.3, 0.4) is 0 Å². The molecule has 0 aromatic rings. The van der Waals surface area contributed by atoms with Gasteiger partial charge in [-0.1, -0.05) is 58.9 Å². The molecule has 3 N–H and O–H groups in total. The number of esters is 1. The van der Waals surface area contributed by atoms with Crippen molar-refractivity contribution in [2.45, 2.75) is 144 Å². The van der Waals surface area contributed by atoms with Crippen LogP contribution in [0, 0.1) is 62.1 Å². The number of carbonyl (C=O) groups excluding carboxylic acids is 1. The number of nitrogens with zero attached hydrogens (tertiary/aromatic N) is 1. The van der Waals surface area contributed by atoms with Gasteiger partial charge in [0, 0.05) is 18.6 Å². The number of likely N-dealkylation sites (tertiary alicyclic amines) is 1. The fourth-order valence-corrected chi connectivity index (χ4v) is 15.5. The lowest BCUT2D eigenvalue weighted by Gasteiger charge is -2.72. The molecule has 0 aromatic carbocycles. The van der Waals surface area contributed by atoms with Gasteiger partial charge in [-0.2, -0.15) is 0 Å². The first-order chi connectivity index (χ1) is 26.8. The smallest absolute Gasteiger partial charge is 0.323 e. The summed E-state index contributed by atoms with van der Waals surface area (Å²) in [5.74, 6) is 0.131. The third-order valence-corrected chi connectivity index (χ3v) is 19.0. The second-order valence-corrected chi connectivity index (χ2v) is 21.4. The number of halogens is 1. The second kappa shape index (κ2) is 14.9. The maximum atomic E-state index is 14.0. The summed E-state index contributed by atoms with van der Waals surface area (Å²) in [6.45, 7) is 23.7. The van der Waals surface area contributed by atoms with Gasteiger partial charge in [-0.15, -0.1) is 0 Å². The largest absolute Gasteiger partial charge is 0.481 e. The summed E-state index contributed by atoms with van der Waals surface area (Å²) in [6.07, 6.45) is 17.1. The number of alkyl halides is 1. The van der Waals surface area contributed by atoms with Crippen LogP contribution in [0.4, 0.5) is 4.39 Å². The van der Waals surface area contributed by atoms with Crippen LogP contribution in [0.5, 0.6) is 0 Å². The molecule has 0 bridgehead atoms. The Labute approximate surface area is 341 Å². The van der Waals surface area contributed by atoms with E-state index in [1.54, 1.807) is 6.92 Å². The minimum atomic E-state index is -1.43. The summed E-state index contributed by atoms with van der Waals surface area (Å²) in [7, 11) is 0. The number of piperidine rings is 1. The van der Waals surface area contributed by atoms with Crippen LogP contribution < -0.4 is 5.32 Å². The highest BCUT2D eigenvalue weighted by Crippen LogP contribution is 2.76. The molecule has 1 saturated heterocycles. The summed E-state index contributed by atoms with van der Waals surface area (Å²) in [6, 6.07) is 0. The zero-order valence-electron chi connectivity index (χ0n) is 36.2. The van der Waals surface area contributed by atoms with Gasteiger partial charge < -0.3 is 25.2 Å². The number of allylic oxidation sites excluding steroid dienone is 5. The minimum Gasteiger partial charge on any atom is -0.481 e. The highest BCUT2D eigenvalue weighted by atomic mass is 19.1. The van der Waals surface area contributed by atoms with Crippen molar-refractivity contribution in [3.8, 4) is 0 Å². The average molecular weight is 793 g/mol. The minimum absolute atomic E-state index is 0.0404. The number of carbonyl (C=O) groups is 3. The molecule has 0 aromatic heterocycles. The maximum absolute atomic E-state index is 14.0. The molecule has 5 fully saturated rings. The topological polar surface area (TPSA) is 116 Å². The Kier molecular flexibility index (Phi) is 11.1. The third-order valence-electron chi connectivity index (χ3n) is 19.0. The van der Waals surface area contributed by atoms with Gasteiger partial charge in [-0.25, -0.2) is 4.39 Å². The lowest BCUT2D eigenvalue weighted by molar-refractivity contribution is -0.221. The van der Waals surface area contributed by atoms with E-state index in [2.05, 4.69) is 70.5 Å². The number of hydrogen-bond acceptors (Lipinski definition) is 6. The van der Waals surface area contributed by atoms with Crippen LogP contribution in [0.15, 0.2) is 35.5 Å². The number of aliphatic carboxylic acids is 2. The van der Waals surface area contributed by atoms with E-state index in [1.165, 1.54) is 68.1 Å². The van der Waals surface area contributed by atoms with Gasteiger partial charge in [0.25, 0.3) is 0 Å². The SMILES string of the molecule is C=C(C)[C@@H]1CC[C@]2(NCCN3CCC(C(=O)O)(C(=O)OCC)CC3)CC[C@]3(C)[C@H](CCC4[C@@]5(C)CC=C(C6=CC[C@@](CF)(C(=O)O)CC6)C(C)(C)C5CC[C@]43C)C12. The number of hydrogen-bond donors (Lipinski definition) is 3. The number of nitrogens with one attached hydrogen (secondary N) is 1. The molecule has 7 aliphatic rings. The van der Waals surface area contributed by atoms with Gasteiger partial charge in [0.2, 0.25) is 0 Å². The van der Waals surface area contributed by atoms with Gasteiger partial charge in [-0.3, -0.25) is 14.4 Å². The Bertz CT molecular complexity index is 1700. The first-order valence-electron chi connectivity index (χ1n) is 22.5. The fourth-order valence-electron chi connectivity index (χ4n) is 15.5. The van der Waals surface area contributed by atoms with Gasteiger partial charge in [-0.05, 0) is 179 Å². The Hall–Kier alpha value is -2.52. The van der Waals surface area contributed by atoms with Gasteiger partial charge in [0.15, 0.2) is 5.41 Å². The van der Waals surface area contributed by atoms with E-state index in [1.807, 2.05) is 0 Å². The fraction of sp³-hybridized carbons (Fsp3) is 0.812. The van der Waals surface area contributed by atoms with E-state index in [-0.39, 0.29) is 53.1 Å². The summed E-state index contributed by atoms with van der Waals surface area (Å²) in [4.78, 5) is 39.3. The molecule has 10 atom stereocenters. The van der Waals surface area contributed by atoms with E-state index in [0.29, 0.717) is 55.5 Å². The molecule has 6 aliphatic carbocycles. The number of rotatable bonds is 11. The zero-order chi connectivity index (χ0) is 41.4. The van der Waals surface area contributed by atoms with Crippen LogP contribution in [0.2, 0.25) is 0 Å². The summed E-state index contributed by atoms with van der Waals surface area (Å²) >= 11 is 0. The van der Waals surface area contributed by atoms with Crippen molar-refractivity contribution in [1.29, 1.82) is 0 Å². The molecule has 0 amide bonds. The lowest BCUT2D eigenvalue weighted by Crippen LogP contribution is -2.68. The van der Waals surface area contributed by atoms with Crippen LogP contribution in [-0.2, 0) is 19.1 Å². The molecule has 3 unspecified atom stereocenters. The molecule has 8 nitrogen and oxygen atoms in total. The van der Waals surface area contributed by atoms with E-state index in [0.717, 1.165) is 19.5 Å². The van der Waals surface area contributed by atoms with Crippen LogP contribution in [0.1, 0.15) is 138 Å². The van der Waals surface area contributed by atoms with Crippen molar-refractivity contribution in [2.24, 2.45) is 62.1 Å². The first kappa shape index (κ1) is 42.6. The molecule has 0 radical (unpaired) electrons. The average Bonchev–Trinajstić information content (AvgIpc) is 3.55. The molecule has 318 valence electrons. The van der Waals surface area contributed by atoms with Gasteiger partial charge in [0.05, 0.1) is 12.0 Å². The van der Waals surface area contributed by atoms with Crippen molar-refractivity contribution in [3.63, 3.8) is 0 Å². The molecule has 7 rings (SSSR count). The standard InChI is InChI=1S/C48H73FN2O6/c1-9-57-41(56)47(40(54)55)24-27-51(28-25-47)29-26-50-48-21-14-33(31(2)3)38(48)35-10-11-37-43(6)17-15-34(32-12-19-46(30-49,20-13-32)39(52)53)42(4,5)36(43)16-18-45(37,8)44(35,7)22-23-48/h12,15,33,35-38,50H,2,9-11,13-14,16-30H2,1,3-8H3,(H,52,53)(H,54,55)/t33-,35+,36?,37?,38?,43-,44+,45+,46+,48-/m0/s1. The van der Waals surface area contributed by atoms with E-state index >= 15 is 0 Å². The molecule has 1 heterocycles. The normalized spacial score (nSPS) is 42.3. The van der Waals surface area contributed by atoms with Crippen molar-refractivity contribution >= 4 is 17.9 Å². The highest BCUT2D eigenvalue weighted by Gasteiger charge is 2.70. The van der Waals surface area contributed by atoms with Crippen molar-refractivity contribution in [3.05, 3.63) is 35.5 Å². The third kappa shape index (κ3) is 6.34. The van der Waals surface area contributed by atoms with E-state index < -0.39 is 35.4 Å². The van der Waals surface area contributed by atoms with E-state index in [9.17, 15) is 29.0 Å².